The summed E-state index contributed by atoms with van der Waals surface area (Å²) in [5.74, 6) is -2.29. The number of carbonyl (C=O) groups is 4. The Hall–Kier alpha value is -2.68. The van der Waals surface area contributed by atoms with Gasteiger partial charge in [0, 0.05) is 12.8 Å². The number of carboxylic acid groups (broad SMARTS) is 1. The summed E-state index contributed by atoms with van der Waals surface area (Å²) >= 11 is 0. The summed E-state index contributed by atoms with van der Waals surface area (Å²) < 4.78 is 6.04. The molecule has 0 aromatic carbocycles. The lowest BCUT2D eigenvalue weighted by Gasteiger charge is -2.18. The molecule has 9 heteroatoms. The SMILES string of the molecule is CCCCC/C=C\C/C=C\CCCCCCCCCC(=O)OC(CCCCCCCCCCCCC)CCCCCCCC(=O)NCC(=O)NC(CO)C(=O)O. The van der Waals surface area contributed by atoms with Crippen molar-refractivity contribution in [2.45, 2.75) is 238 Å². The summed E-state index contributed by atoms with van der Waals surface area (Å²) in [4.78, 5) is 47.6. The first kappa shape index (κ1) is 53.3. The van der Waals surface area contributed by atoms with Crippen molar-refractivity contribution in [3.8, 4) is 0 Å². The molecule has 0 aliphatic carbocycles. The van der Waals surface area contributed by atoms with Gasteiger partial charge in [0.25, 0.3) is 0 Å². The second kappa shape index (κ2) is 41.9. The lowest BCUT2D eigenvalue weighted by molar-refractivity contribution is -0.150. The highest BCUT2D eigenvalue weighted by atomic mass is 16.5. The monoisotopic (exact) mass is 791 g/mol. The van der Waals surface area contributed by atoms with E-state index in [0.29, 0.717) is 19.3 Å². The Morgan fingerprint density at radius 1 is 0.536 bits per heavy atom. The van der Waals surface area contributed by atoms with E-state index in [1.165, 1.54) is 128 Å². The van der Waals surface area contributed by atoms with Crippen molar-refractivity contribution in [1.29, 1.82) is 0 Å². The van der Waals surface area contributed by atoms with E-state index in [4.69, 9.17) is 14.9 Å². The van der Waals surface area contributed by atoms with Crippen LogP contribution < -0.4 is 10.6 Å². The van der Waals surface area contributed by atoms with Gasteiger partial charge in [0.05, 0.1) is 13.2 Å². The van der Waals surface area contributed by atoms with Crippen LogP contribution in [0.25, 0.3) is 0 Å². The fourth-order valence-electron chi connectivity index (χ4n) is 6.86. The molecular weight excluding hydrogens is 705 g/mol. The summed E-state index contributed by atoms with van der Waals surface area (Å²) in [5.41, 5.74) is 0. The third-order valence-corrected chi connectivity index (χ3v) is 10.5. The predicted molar refractivity (Wildman–Crippen MR) is 232 cm³/mol. The van der Waals surface area contributed by atoms with Gasteiger partial charge in [-0.1, -0.05) is 167 Å². The molecule has 0 radical (unpaired) electrons. The molecule has 0 aliphatic rings. The van der Waals surface area contributed by atoms with Crippen LogP contribution in [0.3, 0.4) is 0 Å². The molecule has 0 aromatic heterocycles. The van der Waals surface area contributed by atoms with Crippen LogP contribution in [0.15, 0.2) is 24.3 Å². The first-order valence-corrected chi connectivity index (χ1v) is 23.2. The van der Waals surface area contributed by atoms with E-state index in [9.17, 15) is 19.2 Å². The summed E-state index contributed by atoms with van der Waals surface area (Å²) in [7, 11) is 0. The second-order valence-corrected chi connectivity index (χ2v) is 15.8. The molecule has 0 aromatic rings. The number of aliphatic carboxylic acids is 1. The fourth-order valence-corrected chi connectivity index (χ4v) is 6.86. The van der Waals surface area contributed by atoms with Crippen LogP contribution in [-0.2, 0) is 23.9 Å². The Morgan fingerprint density at radius 2 is 0.964 bits per heavy atom. The minimum Gasteiger partial charge on any atom is -0.480 e. The zero-order chi connectivity index (χ0) is 41.2. The first-order valence-electron chi connectivity index (χ1n) is 23.2. The number of rotatable bonds is 42. The van der Waals surface area contributed by atoms with Gasteiger partial charge in [-0.25, -0.2) is 4.79 Å². The number of aliphatic hydroxyl groups excluding tert-OH is 1. The normalized spacial score (nSPS) is 12.6. The van der Waals surface area contributed by atoms with Gasteiger partial charge in [0.15, 0.2) is 0 Å². The lowest BCUT2D eigenvalue weighted by Crippen LogP contribution is -2.47. The number of nitrogens with one attached hydrogen (secondary N) is 2. The van der Waals surface area contributed by atoms with Gasteiger partial charge in [0.1, 0.15) is 12.1 Å². The van der Waals surface area contributed by atoms with Gasteiger partial charge in [-0.2, -0.15) is 0 Å². The first-order chi connectivity index (χ1) is 27.3. The molecule has 2 unspecified atom stereocenters. The van der Waals surface area contributed by atoms with Gasteiger partial charge in [-0.05, 0) is 70.6 Å². The summed E-state index contributed by atoms with van der Waals surface area (Å²) in [5, 5.41) is 22.6. The highest BCUT2D eigenvalue weighted by Crippen LogP contribution is 2.19. The van der Waals surface area contributed by atoms with Crippen LogP contribution in [0, 0.1) is 0 Å². The molecule has 56 heavy (non-hydrogen) atoms. The van der Waals surface area contributed by atoms with Gasteiger partial charge in [-0.3, -0.25) is 14.4 Å². The molecule has 2 amide bonds. The number of amides is 2. The minimum atomic E-state index is -1.38. The van der Waals surface area contributed by atoms with Gasteiger partial charge >= 0.3 is 11.9 Å². The van der Waals surface area contributed by atoms with Crippen molar-refractivity contribution in [3.63, 3.8) is 0 Å². The van der Waals surface area contributed by atoms with Crippen molar-refractivity contribution in [1.82, 2.24) is 10.6 Å². The van der Waals surface area contributed by atoms with E-state index in [1.807, 2.05) is 0 Å². The highest BCUT2D eigenvalue weighted by molar-refractivity contribution is 5.87. The Morgan fingerprint density at radius 3 is 1.46 bits per heavy atom. The van der Waals surface area contributed by atoms with Crippen LogP contribution in [0.5, 0.6) is 0 Å². The van der Waals surface area contributed by atoms with Gasteiger partial charge in [0.2, 0.25) is 11.8 Å². The van der Waals surface area contributed by atoms with E-state index in [1.54, 1.807) is 0 Å². The third kappa shape index (κ3) is 38.2. The van der Waals surface area contributed by atoms with Crippen LogP contribution >= 0.6 is 0 Å². The number of allylic oxidation sites excluding steroid dienone is 4. The average Bonchev–Trinajstić information content (AvgIpc) is 3.18. The summed E-state index contributed by atoms with van der Waals surface area (Å²) in [6, 6.07) is -1.38. The van der Waals surface area contributed by atoms with Crippen molar-refractivity contribution in [2.24, 2.45) is 0 Å². The summed E-state index contributed by atoms with van der Waals surface area (Å²) in [6.45, 7) is 3.47. The third-order valence-electron chi connectivity index (χ3n) is 10.5. The van der Waals surface area contributed by atoms with E-state index >= 15 is 0 Å². The number of unbranched alkanes of at least 4 members (excludes halogenated alkanes) is 24. The zero-order valence-electron chi connectivity index (χ0n) is 36.1. The molecule has 0 saturated heterocycles. The molecule has 0 saturated carbocycles. The molecule has 4 N–H and O–H groups in total. The molecule has 0 bridgehead atoms. The van der Waals surface area contributed by atoms with Crippen LogP contribution in [0.2, 0.25) is 0 Å². The number of hydrogen-bond donors (Lipinski definition) is 4. The second-order valence-electron chi connectivity index (χ2n) is 15.8. The Bertz CT molecular complexity index is 999. The number of aliphatic hydroxyl groups is 1. The molecule has 9 nitrogen and oxygen atoms in total. The van der Waals surface area contributed by atoms with E-state index in [0.717, 1.165) is 64.2 Å². The molecule has 326 valence electrons. The molecule has 0 fully saturated rings. The Labute approximate surface area is 343 Å². The predicted octanol–water partition coefficient (Wildman–Crippen LogP) is 11.6. The highest BCUT2D eigenvalue weighted by Gasteiger charge is 2.19. The maximum Gasteiger partial charge on any atom is 0.328 e. The van der Waals surface area contributed by atoms with Crippen LogP contribution in [0.4, 0.5) is 0 Å². The number of ether oxygens (including phenoxy) is 1. The van der Waals surface area contributed by atoms with Crippen LogP contribution in [0.1, 0.15) is 226 Å². The summed E-state index contributed by atoms with van der Waals surface area (Å²) in [6.07, 6.45) is 46.3. The minimum absolute atomic E-state index is 0.0135. The topological polar surface area (TPSA) is 142 Å². The van der Waals surface area contributed by atoms with E-state index in [2.05, 4.69) is 48.8 Å². The average molecular weight is 791 g/mol. The van der Waals surface area contributed by atoms with E-state index in [-0.39, 0.29) is 24.5 Å². The van der Waals surface area contributed by atoms with Crippen molar-refractivity contribution in [2.75, 3.05) is 13.2 Å². The zero-order valence-corrected chi connectivity index (χ0v) is 36.1. The molecule has 0 aliphatic heterocycles. The van der Waals surface area contributed by atoms with E-state index < -0.39 is 24.5 Å². The molecule has 0 heterocycles. The maximum atomic E-state index is 12.8. The molecule has 0 spiro atoms. The van der Waals surface area contributed by atoms with Crippen LogP contribution in [-0.4, -0.2) is 59.3 Å². The number of hydrogen-bond acceptors (Lipinski definition) is 6. The lowest BCUT2D eigenvalue weighted by atomic mass is 10.0. The molecule has 2 atom stereocenters. The Kier molecular flexibility index (Phi) is 39.9. The number of esters is 1. The van der Waals surface area contributed by atoms with Crippen molar-refractivity contribution >= 4 is 23.8 Å². The molecular formula is C47H86N2O7. The Balaban J connectivity index is 4.27. The quantitative estimate of drug-likeness (QED) is 0.0274. The molecule has 0 rings (SSSR count). The standard InChI is InChI=1S/C47H86N2O7/c1-3-5-7-9-11-13-15-16-17-18-19-20-22-24-26-31-35-39-46(53)56-42(36-32-28-25-23-21-14-12-10-8-6-4-2)37-33-29-27-30-34-38-44(51)48-40-45(52)49-43(41-50)47(54)55/h11,13,16-17,42-43,50H,3-10,12,14-15,18-41H2,1-2H3,(H,48,51)(H,49,52)(H,54,55)/b13-11-,17-16-. The number of carboxylic acids is 1. The largest absolute Gasteiger partial charge is 0.480 e. The van der Waals surface area contributed by atoms with Crippen molar-refractivity contribution < 1.29 is 34.1 Å². The number of carbonyl (C=O) groups excluding carboxylic acids is 3. The van der Waals surface area contributed by atoms with Gasteiger partial charge < -0.3 is 25.6 Å². The van der Waals surface area contributed by atoms with Gasteiger partial charge in [-0.15, -0.1) is 0 Å². The smallest absolute Gasteiger partial charge is 0.328 e. The van der Waals surface area contributed by atoms with Crippen molar-refractivity contribution in [3.05, 3.63) is 24.3 Å². The fraction of sp³-hybridized carbons (Fsp3) is 0.830. The maximum absolute atomic E-state index is 12.8.